The predicted octanol–water partition coefficient (Wildman–Crippen LogP) is 6.83. The number of pyridine rings is 1. The normalized spacial score (nSPS) is 11.0. The lowest BCUT2D eigenvalue weighted by Crippen LogP contribution is -2.04. The van der Waals surface area contributed by atoms with E-state index >= 15 is 0 Å². The van der Waals surface area contributed by atoms with E-state index in [2.05, 4.69) is 91.8 Å². The van der Waals surface area contributed by atoms with Gasteiger partial charge in [0, 0.05) is 24.5 Å². The van der Waals surface area contributed by atoms with Gasteiger partial charge in [0.25, 0.3) is 0 Å². The van der Waals surface area contributed by atoms with Gasteiger partial charge in [0.15, 0.2) is 0 Å². The molecule has 30 heavy (non-hydrogen) atoms. The number of rotatable bonds is 6. The highest BCUT2D eigenvalue weighted by molar-refractivity contribution is 5.86. The third-order valence-electron chi connectivity index (χ3n) is 5.68. The van der Waals surface area contributed by atoms with E-state index in [4.69, 9.17) is 4.74 Å². The highest BCUT2D eigenvalue weighted by Crippen LogP contribution is 2.32. The van der Waals surface area contributed by atoms with E-state index < -0.39 is 0 Å². The first-order valence-corrected chi connectivity index (χ1v) is 10.2. The Morgan fingerprint density at radius 2 is 1.60 bits per heavy atom. The monoisotopic (exact) mass is 420 g/mol. The molecule has 0 unspecified atom stereocenters. The fourth-order valence-electron chi connectivity index (χ4n) is 3.75. The molecule has 0 spiro atoms. The van der Waals surface area contributed by atoms with Gasteiger partial charge in [-0.2, -0.15) is 0 Å². The standard InChI is InChI=1S/C26H28N2O.ClH/c1-18(2)23-12-10-22(11-13-23)17-29-24-14-15-27-25-19(3)20(4)28(26(24)25)16-21-8-6-5-7-9-21;/h5-15,18H,16-17H2,1-4H3;1H. The van der Waals surface area contributed by atoms with Crippen LogP contribution in [0.4, 0.5) is 0 Å². The number of benzene rings is 2. The molecule has 0 aliphatic heterocycles. The van der Waals surface area contributed by atoms with Gasteiger partial charge in [-0.15, -0.1) is 12.4 Å². The fraction of sp³-hybridized carbons (Fsp3) is 0.269. The summed E-state index contributed by atoms with van der Waals surface area (Å²) in [6.45, 7) is 10.1. The summed E-state index contributed by atoms with van der Waals surface area (Å²) in [6, 6.07) is 21.2. The number of aromatic nitrogens is 2. The molecule has 4 heteroatoms. The highest BCUT2D eigenvalue weighted by atomic mass is 35.5. The van der Waals surface area contributed by atoms with Crippen LogP contribution in [0.2, 0.25) is 0 Å². The molecule has 4 aromatic rings. The van der Waals surface area contributed by atoms with Crippen LogP contribution >= 0.6 is 12.4 Å². The predicted molar refractivity (Wildman–Crippen MR) is 127 cm³/mol. The maximum atomic E-state index is 6.29. The van der Waals surface area contributed by atoms with Gasteiger partial charge >= 0.3 is 0 Å². The van der Waals surface area contributed by atoms with Crippen LogP contribution in [0.3, 0.4) is 0 Å². The SMILES string of the molecule is Cc1c(C)n(Cc2ccccc2)c2c(OCc3ccc(C(C)C)cc3)ccnc12.Cl. The van der Waals surface area contributed by atoms with Gasteiger partial charge < -0.3 is 9.30 Å². The van der Waals surface area contributed by atoms with Gasteiger partial charge in [0.2, 0.25) is 0 Å². The fourth-order valence-corrected chi connectivity index (χ4v) is 3.75. The first kappa shape index (κ1) is 21.9. The summed E-state index contributed by atoms with van der Waals surface area (Å²) < 4.78 is 8.62. The van der Waals surface area contributed by atoms with E-state index in [9.17, 15) is 0 Å². The van der Waals surface area contributed by atoms with Crippen molar-refractivity contribution in [3.8, 4) is 5.75 Å². The molecular formula is C26H29ClN2O. The lowest BCUT2D eigenvalue weighted by Gasteiger charge is -2.13. The molecule has 0 saturated heterocycles. The van der Waals surface area contributed by atoms with Gasteiger partial charge in [-0.25, -0.2) is 0 Å². The number of halogens is 1. The van der Waals surface area contributed by atoms with E-state index in [0.717, 1.165) is 23.3 Å². The van der Waals surface area contributed by atoms with Gasteiger partial charge in [-0.05, 0) is 42.0 Å². The average molecular weight is 421 g/mol. The van der Waals surface area contributed by atoms with Gasteiger partial charge in [0.05, 0.1) is 5.52 Å². The molecule has 0 fully saturated rings. The molecule has 0 saturated carbocycles. The van der Waals surface area contributed by atoms with Crippen molar-refractivity contribution >= 4 is 23.4 Å². The molecule has 0 atom stereocenters. The molecule has 156 valence electrons. The summed E-state index contributed by atoms with van der Waals surface area (Å²) in [4.78, 5) is 4.65. The zero-order valence-corrected chi connectivity index (χ0v) is 18.9. The molecule has 2 heterocycles. The third-order valence-corrected chi connectivity index (χ3v) is 5.68. The van der Waals surface area contributed by atoms with Gasteiger partial charge in [0.1, 0.15) is 17.9 Å². The Bertz CT molecular complexity index is 1120. The van der Waals surface area contributed by atoms with Gasteiger partial charge in [-0.1, -0.05) is 68.4 Å². The maximum absolute atomic E-state index is 6.29. The quantitative estimate of drug-likeness (QED) is 0.342. The molecule has 0 amide bonds. The molecule has 0 aliphatic rings. The second kappa shape index (κ2) is 9.36. The van der Waals surface area contributed by atoms with E-state index in [-0.39, 0.29) is 12.4 Å². The minimum atomic E-state index is 0. The second-order valence-electron chi connectivity index (χ2n) is 7.97. The molecule has 0 bridgehead atoms. The van der Waals surface area contributed by atoms with E-state index in [1.54, 1.807) is 0 Å². The van der Waals surface area contributed by atoms with Crippen molar-refractivity contribution in [3.05, 3.63) is 94.8 Å². The van der Waals surface area contributed by atoms with Gasteiger partial charge in [-0.3, -0.25) is 4.98 Å². The Labute approximate surface area is 185 Å². The largest absolute Gasteiger partial charge is 0.487 e. The number of hydrogen-bond donors (Lipinski definition) is 0. The minimum absolute atomic E-state index is 0. The Kier molecular flexibility index (Phi) is 6.84. The van der Waals surface area contributed by atoms with Crippen LogP contribution in [0, 0.1) is 13.8 Å². The van der Waals surface area contributed by atoms with E-state index in [1.807, 2.05) is 12.3 Å². The Balaban J connectivity index is 0.00000256. The van der Waals surface area contributed by atoms with Crippen LogP contribution in [0.15, 0.2) is 66.9 Å². The molecule has 4 rings (SSSR count). The molecule has 3 nitrogen and oxygen atoms in total. The van der Waals surface area contributed by atoms with Crippen molar-refractivity contribution < 1.29 is 4.74 Å². The Hall–Kier alpha value is -2.78. The molecule has 0 N–H and O–H groups in total. The van der Waals surface area contributed by atoms with Crippen molar-refractivity contribution in [3.63, 3.8) is 0 Å². The van der Waals surface area contributed by atoms with Crippen molar-refractivity contribution in [1.82, 2.24) is 9.55 Å². The summed E-state index contributed by atoms with van der Waals surface area (Å²) in [5, 5.41) is 0. The minimum Gasteiger partial charge on any atom is -0.487 e. The van der Waals surface area contributed by atoms with Crippen molar-refractivity contribution in [2.75, 3.05) is 0 Å². The van der Waals surface area contributed by atoms with Crippen molar-refractivity contribution in [2.24, 2.45) is 0 Å². The number of ether oxygens (including phenoxy) is 1. The van der Waals surface area contributed by atoms with Crippen LogP contribution in [0.25, 0.3) is 11.0 Å². The van der Waals surface area contributed by atoms with Crippen molar-refractivity contribution in [2.45, 2.75) is 46.8 Å². The van der Waals surface area contributed by atoms with E-state index in [1.165, 1.54) is 27.9 Å². The summed E-state index contributed by atoms with van der Waals surface area (Å²) in [5.74, 6) is 1.42. The average Bonchev–Trinajstić information content (AvgIpc) is 2.99. The number of hydrogen-bond acceptors (Lipinski definition) is 2. The van der Waals surface area contributed by atoms with Crippen LogP contribution < -0.4 is 4.74 Å². The highest BCUT2D eigenvalue weighted by Gasteiger charge is 2.16. The third kappa shape index (κ3) is 4.36. The Morgan fingerprint density at radius 1 is 0.900 bits per heavy atom. The summed E-state index contributed by atoms with van der Waals surface area (Å²) in [6.07, 6.45) is 1.85. The smallest absolute Gasteiger partial charge is 0.147 e. The summed E-state index contributed by atoms with van der Waals surface area (Å²) in [7, 11) is 0. The first-order valence-electron chi connectivity index (χ1n) is 10.2. The second-order valence-corrected chi connectivity index (χ2v) is 7.97. The molecular weight excluding hydrogens is 392 g/mol. The number of nitrogens with zero attached hydrogens (tertiary/aromatic N) is 2. The maximum Gasteiger partial charge on any atom is 0.147 e. The molecule has 2 aromatic carbocycles. The lowest BCUT2D eigenvalue weighted by molar-refractivity contribution is 0.308. The zero-order valence-electron chi connectivity index (χ0n) is 18.1. The van der Waals surface area contributed by atoms with Crippen LogP contribution in [0.5, 0.6) is 5.75 Å². The van der Waals surface area contributed by atoms with E-state index in [0.29, 0.717) is 12.5 Å². The number of fused-ring (bicyclic) bond motifs is 1. The summed E-state index contributed by atoms with van der Waals surface area (Å²) in [5.41, 5.74) is 8.33. The van der Waals surface area contributed by atoms with Crippen LogP contribution in [-0.2, 0) is 13.2 Å². The lowest BCUT2D eigenvalue weighted by atomic mass is 10.0. The van der Waals surface area contributed by atoms with Crippen LogP contribution in [0.1, 0.15) is 47.7 Å². The molecule has 0 radical (unpaired) electrons. The van der Waals surface area contributed by atoms with Crippen LogP contribution in [-0.4, -0.2) is 9.55 Å². The van der Waals surface area contributed by atoms with Crippen molar-refractivity contribution in [1.29, 1.82) is 0 Å². The number of aryl methyl sites for hydroxylation is 1. The Morgan fingerprint density at radius 3 is 2.27 bits per heavy atom. The molecule has 2 aromatic heterocycles. The summed E-state index contributed by atoms with van der Waals surface area (Å²) >= 11 is 0. The first-order chi connectivity index (χ1) is 14.0. The zero-order chi connectivity index (χ0) is 20.4. The topological polar surface area (TPSA) is 27.1 Å². The molecule has 0 aliphatic carbocycles.